The molecule has 0 bridgehead atoms. The van der Waals surface area contributed by atoms with Crippen LogP contribution in [-0.2, 0) is 9.53 Å². The number of ether oxygens (including phenoxy) is 1. The summed E-state index contributed by atoms with van der Waals surface area (Å²) in [4.78, 5) is 22.1. The molecule has 2 atom stereocenters. The Balaban J connectivity index is 1.63. The number of carbonyl (C=O) groups excluding carboxylic acids is 1. The molecule has 0 fully saturated rings. The third kappa shape index (κ3) is 4.90. The Morgan fingerprint density at radius 1 is 1.14 bits per heavy atom. The number of alkyl carbamates (subject to hydrolysis) is 1. The highest BCUT2D eigenvalue weighted by atomic mass is 32.2. The van der Waals surface area contributed by atoms with E-state index in [4.69, 9.17) is 9.84 Å². The largest absolute Gasteiger partial charge is 0.480 e. The van der Waals surface area contributed by atoms with E-state index in [-0.39, 0.29) is 18.3 Å². The number of hydrogen-bond acceptors (Lipinski definition) is 6. The summed E-state index contributed by atoms with van der Waals surface area (Å²) in [6.07, 6.45) is -0.844. The van der Waals surface area contributed by atoms with E-state index in [2.05, 4.69) is 5.32 Å². The van der Waals surface area contributed by atoms with Gasteiger partial charge in [0.15, 0.2) is 0 Å². The number of carboxylic acid groups (broad SMARTS) is 1. The van der Waals surface area contributed by atoms with Crippen molar-refractivity contribution in [2.75, 3.05) is 19.0 Å². The number of rotatable bonds is 8. The Hall–Kier alpha value is -2.55. The summed E-state index contributed by atoms with van der Waals surface area (Å²) >= 11 is 0.836. The van der Waals surface area contributed by atoms with Crippen LogP contribution < -0.4 is 5.32 Å². The Morgan fingerprint density at radius 2 is 1.69 bits per heavy atom. The molecule has 1 aliphatic carbocycles. The van der Waals surface area contributed by atoms with E-state index in [1.165, 1.54) is 6.92 Å². The molecule has 1 unspecified atom stereocenters. The second-order valence-corrected chi connectivity index (χ2v) is 8.51. The maximum absolute atomic E-state index is 12.2. The van der Waals surface area contributed by atoms with E-state index >= 15 is 0 Å². The van der Waals surface area contributed by atoms with E-state index in [0.29, 0.717) is 0 Å². The first-order valence-corrected chi connectivity index (χ1v) is 10.1. The normalized spacial score (nSPS) is 15.7. The molecule has 0 spiro atoms. The summed E-state index contributed by atoms with van der Waals surface area (Å²) in [6.45, 7) is 0.909. The molecule has 3 rings (SSSR count). The molecule has 29 heavy (non-hydrogen) atoms. The Morgan fingerprint density at radius 3 is 2.21 bits per heavy atom. The standard InChI is InChI=1S/C21H23NO6S/c1-21(27,12-23)29-11-18(19(24)25)22-20(26)28-10-17-15-8-4-2-6-13(15)14-7-3-5-9-16(14)17/h2-9,17-18,23,27H,10-12H2,1H3,(H,22,26)(H,24,25)/t18-,21?/m0/s1. The summed E-state index contributed by atoms with van der Waals surface area (Å²) < 4.78 is 5.34. The van der Waals surface area contributed by atoms with Gasteiger partial charge in [0.2, 0.25) is 0 Å². The van der Waals surface area contributed by atoms with Crippen molar-refractivity contribution in [2.24, 2.45) is 0 Å². The predicted molar refractivity (Wildman–Crippen MR) is 110 cm³/mol. The lowest BCUT2D eigenvalue weighted by molar-refractivity contribution is -0.138. The number of benzene rings is 2. The molecule has 0 heterocycles. The monoisotopic (exact) mass is 417 g/mol. The average Bonchev–Trinajstić information content (AvgIpc) is 3.03. The van der Waals surface area contributed by atoms with Gasteiger partial charge in [0.25, 0.3) is 0 Å². The smallest absolute Gasteiger partial charge is 0.407 e. The van der Waals surface area contributed by atoms with Crippen molar-refractivity contribution >= 4 is 23.8 Å². The Labute approximate surface area is 172 Å². The number of carbonyl (C=O) groups is 2. The molecule has 0 saturated carbocycles. The number of aliphatic hydroxyl groups is 2. The molecule has 4 N–H and O–H groups in total. The van der Waals surface area contributed by atoms with Gasteiger partial charge in [-0.1, -0.05) is 48.5 Å². The third-order valence-electron chi connectivity index (χ3n) is 4.79. The lowest BCUT2D eigenvalue weighted by atomic mass is 9.98. The van der Waals surface area contributed by atoms with Gasteiger partial charge in [0, 0.05) is 11.7 Å². The van der Waals surface area contributed by atoms with Crippen molar-refractivity contribution in [3.8, 4) is 11.1 Å². The summed E-state index contributed by atoms with van der Waals surface area (Å²) in [7, 11) is 0. The van der Waals surface area contributed by atoms with Crippen LogP contribution in [-0.4, -0.2) is 57.3 Å². The number of aliphatic carboxylic acids is 1. The second kappa shape index (κ2) is 8.86. The highest BCUT2D eigenvalue weighted by Gasteiger charge is 2.30. The van der Waals surface area contributed by atoms with E-state index in [0.717, 1.165) is 34.0 Å². The zero-order valence-corrected chi connectivity index (χ0v) is 16.7. The van der Waals surface area contributed by atoms with Crippen LogP contribution >= 0.6 is 11.8 Å². The minimum Gasteiger partial charge on any atom is -0.480 e. The van der Waals surface area contributed by atoms with Gasteiger partial charge in [-0.15, -0.1) is 11.8 Å². The Kier molecular flexibility index (Phi) is 6.46. The van der Waals surface area contributed by atoms with E-state index in [9.17, 15) is 19.8 Å². The van der Waals surface area contributed by atoms with Gasteiger partial charge in [-0.05, 0) is 29.2 Å². The summed E-state index contributed by atoms with van der Waals surface area (Å²) in [6, 6.07) is 14.6. The summed E-state index contributed by atoms with van der Waals surface area (Å²) in [5.74, 6) is -1.49. The highest BCUT2D eigenvalue weighted by Crippen LogP contribution is 2.44. The molecule has 1 aliphatic rings. The molecule has 0 radical (unpaired) electrons. The van der Waals surface area contributed by atoms with Gasteiger partial charge in [-0.3, -0.25) is 0 Å². The molecule has 2 aromatic carbocycles. The van der Waals surface area contributed by atoms with Crippen LogP contribution in [0.15, 0.2) is 48.5 Å². The van der Waals surface area contributed by atoms with Gasteiger partial charge in [0.05, 0.1) is 6.61 Å². The molecule has 8 heteroatoms. The lowest BCUT2D eigenvalue weighted by Gasteiger charge is -2.22. The topological polar surface area (TPSA) is 116 Å². The van der Waals surface area contributed by atoms with Crippen LogP contribution in [0.5, 0.6) is 0 Å². The number of thioether (sulfide) groups is 1. The van der Waals surface area contributed by atoms with Crippen molar-refractivity contribution in [1.82, 2.24) is 5.32 Å². The van der Waals surface area contributed by atoms with Crippen molar-refractivity contribution in [2.45, 2.75) is 23.8 Å². The number of aliphatic hydroxyl groups excluding tert-OH is 1. The first-order chi connectivity index (χ1) is 13.8. The van der Waals surface area contributed by atoms with Gasteiger partial charge in [-0.2, -0.15) is 0 Å². The summed E-state index contributed by atoms with van der Waals surface area (Å²) in [5.41, 5.74) is 4.32. The molecule has 0 aliphatic heterocycles. The number of fused-ring (bicyclic) bond motifs is 3. The molecule has 7 nitrogen and oxygen atoms in total. The number of nitrogens with one attached hydrogen (secondary N) is 1. The van der Waals surface area contributed by atoms with E-state index in [1.54, 1.807) is 0 Å². The van der Waals surface area contributed by atoms with Crippen molar-refractivity contribution in [3.63, 3.8) is 0 Å². The van der Waals surface area contributed by atoms with Crippen molar-refractivity contribution < 1.29 is 29.6 Å². The zero-order valence-electron chi connectivity index (χ0n) is 15.9. The predicted octanol–water partition coefficient (Wildman–Crippen LogP) is 2.41. The van der Waals surface area contributed by atoms with E-state index < -0.39 is 29.6 Å². The summed E-state index contributed by atoms with van der Waals surface area (Å²) in [5, 5.41) is 30.5. The molecule has 1 amide bonds. The molecule has 2 aromatic rings. The number of amides is 1. The third-order valence-corrected chi connectivity index (χ3v) is 6.04. The minimum atomic E-state index is -1.49. The molecule has 0 saturated heterocycles. The fraction of sp³-hybridized carbons (Fsp3) is 0.333. The maximum atomic E-state index is 12.2. The van der Waals surface area contributed by atoms with Crippen LogP contribution in [0.1, 0.15) is 24.0 Å². The fourth-order valence-electron chi connectivity index (χ4n) is 3.27. The molecular formula is C21H23NO6S. The molecular weight excluding hydrogens is 394 g/mol. The van der Waals surface area contributed by atoms with Crippen molar-refractivity contribution in [1.29, 1.82) is 0 Å². The lowest BCUT2D eigenvalue weighted by Crippen LogP contribution is -2.44. The second-order valence-electron chi connectivity index (χ2n) is 7.00. The van der Waals surface area contributed by atoms with Crippen molar-refractivity contribution in [3.05, 3.63) is 59.7 Å². The van der Waals surface area contributed by atoms with Gasteiger partial charge in [0.1, 0.15) is 17.6 Å². The molecule has 154 valence electrons. The van der Waals surface area contributed by atoms with Crippen LogP contribution in [0, 0.1) is 0 Å². The minimum absolute atomic E-state index is 0.0771. The first kappa shape index (κ1) is 21.2. The molecule has 0 aromatic heterocycles. The first-order valence-electron chi connectivity index (χ1n) is 9.14. The number of hydrogen-bond donors (Lipinski definition) is 4. The van der Waals surface area contributed by atoms with Gasteiger partial charge >= 0.3 is 12.1 Å². The Bertz CT molecular complexity index is 855. The zero-order chi connectivity index (χ0) is 21.0. The van der Waals surface area contributed by atoms with Crippen LogP contribution in [0.4, 0.5) is 4.79 Å². The maximum Gasteiger partial charge on any atom is 0.407 e. The highest BCUT2D eigenvalue weighted by molar-refractivity contribution is 8.00. The van der Waals surface area contributed by atoms with Gasteiger partial charge < -0.3 is 25.4 Å². The quantitative estimate of drug-likeness (QED) is 0.488. The van der Waals surface area contributed by atoms with Gasteiger partial charge in [-0.25, -0.2) is 9.59 Å². The SMILES string of the molecule is CC(O)(CO)SC[C@H](NC(=O)OCC1c2ccccc2-c2ccccc21)C(=O)O. The van der Waals surface area contributed by atoms with Crippen LogP contribution in [0.2, 0.25) is 0 Å². The van der Waals surface area contributed by atoms with Crippen LogP contribution in [0.25, 0.3) is 11.1 Å². The average molecular weight is 417 g/mol. The van der Waals surface area contributed by atoms with Crippen LogP contribution in [0.3, 0.4) is 0 Å². The van der Waals surface area contributed by atoms with E-state index in [1.807, 2.05) is 48.5 Å². The number of carboxylic acids is 1. The fourth-order valence-corrected chi connectivity index (χ4v) is 4.11.